The Morgan fingerprint density at radius 2 is 0.604 bits per heavy atom. The molecule has 0 aliphatic rings. The molecule has 0 saturated carbocycles. The molecule has 0 atom stereocenters. The molecule has 0 unspecified atom stereocenters. The molecule has 15 heterocycles. The molecule has 149 heavy (non-hydrogen) atoms. The second-order valence-corrected chi connectivity index (χ2v) is 32.4. The van der Waals surface area contributed by atoms with Crippen molar-refractivity contribution < 1.29 is 93.2 Å². The number of rotatable bonds is 19. The van der Waals surface area contributed by atoms with Crippen molar-refractivity contribution in [3.63, 3.8) is 0 Å². The number of aryl methyl sites for hydroxylation is 5. The highest BCUT2D eigenvalue weighted by Crippen LogP contribution is 2.40. The maximum Gasteiger partial charge on any atom is 0.419 e. The topological polar surface area (TPSA) is 362 Å². The minimum atomic E-state index is -4.81. The number of fused-ring (bicyclic) bond motifs is 5. The highest BCUT2D eigenvalue weighted by molar-refractivity contribution is 5.77. The summed E-state index contributed by atoms with van der Waals surface area (Å²) in [7, 11) is 2.54. The van der Waals surface area contributed by atoms with E-state index in [-0.39, 0.29) is 57.1 Å². The standard InChI is InChI=1S/C21H12F5N5.C21H14F3N5O.C21H15F2N5O.C20H15F4N5O.C20H15F4N5/c1-11-20(31-10-13(22)2-5-19(31)28-11)17-6-12(9-27)7-18(30-17)29-14-3-4-15(16(23)8-14)21(24,25)26;1-11-20(29-10-13(22)3-4-19(29)26-11)17-5-12(9-25)6-18(28-17)27-14-7-15(23)21(30-2)16(24)8-14;1-12-21(28-11-14(22)3-6-20(28)25-12)17-7-13(10-24)8-19(27-17)26-15-4-5-16(23)18(9-15)29-2;1-10-19(29-9-11(21)2-5-18(29)26-10)15-6-12(25)7-17(28-15)27-13-3-4-16(14(22)8-13)30-20(23)24;1-11-19(29-10-13(21)4-7-18(29)26-11)16-8-14(25)9-17(28-16)27-15-5-2-12(3-6-15)20(22,23)24/h2-8,10H,1H3,(H,29,30);3-8,10H,1-2H3,(H,27,28);3-9,11H,1-2H3,(H,26,27);2-9,20H,1H3,(H3,25,27,28);2-10H,1H3,(H3,25,27,28). The van der Waals surface area contributed by atoms with Crippen molar-refractivity contribution in [3.05, 3.63) is 358 Å². The monoisotopic (exact) mass is 2050 g/mol. The molecule has 15 aromatic heterocycles. The van der Waals surface area contributed by atoms with Crippen LogP contribution in [0.1, 0.15) is 56.3 Å². The van der Waals surface area contributed by atoms with Gasteiger partial charge >= 0.3 is 19.0 Å². The second kappa shape index (κ2) is 42.6. The molecule has 28 nitrogen and oxygen atoms in total. The zero-order valence-corrected chi connectivity index (χ0v) is 77.9. The zero-order chi connectivity index (χ0) is 106. The summed E-state index contributed by atoms with van der Waals surface area (Å²) in [5, 5.41) is 42.6. The number of nitrogens with one attached hydrogen (secondary N) is 5. The second-order valence-electron chi connectivity index (χ2n) is 32.4. The Kier molecular flexibility index (Phi) is 29.3. The van der Waals surface area contributed by atoms with Crippen LogP contribution >= 0.6 is 0 Å². The van der Waals surface area contributed by atoms with Gasteiger partial charge in [0.2, 0.25) is 0 Å². The number of ether oxygens (including phenoxy) is 3. The summed E-state index contributed by atoms with van der Waals surface area (Å²) in [5.41, 5.74) is 22.9. The minimum Gasteiger partial charge on any atom is -0.494 e. The van der Waals surface area contributed by atoms with Crippen molar-refractivity contribution in [2.24, 2.45) is 0 Å². The summed E-state index contributed by atoms with van der Waals surface area (Å²) < 4.78 is 261. The van der Waals surface area contributed by atoms with Crippen LogP contribution in [0.4, 0.5) is 148 Å². The molecule has 0 aliphatic heterocycles. The molecule has 9 N–H and O–H groups in total. The van der Waals surface area contributed by atoms with Crippen molar-refractivity contribution in [1.29, 1.82) is 15.8 Å². The number of nitrogens with two attached hydrogens (primary N) is 2. The fourth-order valence-corrected chi connectivity index (χ4v) is 15.7. The molecule has 752 valence electrons. The Bertz CT molecular complexity index is 8690. The first-order chi connectivity index (χ1) is 71.0. The lowest BCUT2D eigenvalue weighted by molar-refractivity contribution is -0.140. The van der Waals surface area contributed by atoms with E-state index in [1.165, 1.54) is 163 Å². The van der Waals surface area contributed by atoms with Crippen LogP contribution in [-0.4, -0.2) is 92.7 Å². The number of hydrogen-bond acceptors (Lipinski definition) is 23. The van der Waals surface area contributed by atoms with Crippen molar-refractivity contribution in [2.75, 3.05) is 52.3 Å². The van der Waals surface area contributed by atoms with Crippen molar-refractivity contribution >= 4 is 97.1 Å². The molecule has 5 aromatic carbocycles. The smallest absolute Gasteiger partial charge is 0.419 e. The summed E-state index contributed by atoms with van der Waals surface area (Å²) in [4.78, 5) is 44.3. The average molecular weight is 2050 g/mol. The van der Waals surface area contributed by atoms with E-state index in [1.807, 2.05) is 12.1 Å². The van der Waals surface area contributed by atoms with Gasteiger partial charge in [-0.25, -0.2) is 93.7 Å². The van der Waals surface area contributed by atoms with Crippen LogP contribution in [0, 0.1) is 127 Å². The largest absolute Gasteiger partial charge is 0.494 e. The molecule has 0 fully saturated rings. The summed E-state index contributed by atoms with van der Waals surface area (Å²) in [6.07, 6.45) is -2.81. The first kappa shape index (κ1) is 102. The lowest BCUT2D eigenvalue weighted by Crippen LogP contribution is -2.08. The Balaban J connectivity index is 0.000000133. The fraction of sp³-hybridized carbons (Fsp3) is 0.0971. The Morgan fingerprint density at radius 3 is 0.919 bits per heavy atom. The molecule has 20 aromatic rings. The van der Waals surface area contributed by atoms with Crippen LogP contribution in [0.25, 0.3) is 85.2 Å². The van der Waals surface area contributed by atoms with Gasteiger partial charge in [-0.1, -0.05) is 0 Å². The SMILES string of the molecule is COc1c(F)cc(Nc2cc(C#N)cc(-c3c(C)nc4ccc(F)cn34)n2)cc1F.COc1cc(Nc2cc(C#N)cc(-c3c(C)nc4ccc(F)cn34)n2)ccc1F.Cc1nc2ccc(F)cn2c1-c1cc(C#N)cc(Nc2ccc(C(F)(F)F)c(F)c2)n1.Cc1nc2ccc(F)cn2c1-c1cc(N)cc(Nc2ccc(C(F)(F)F)cc2)n1.Cc1nc2ccc(F)cn2c1-c1cc(N)cc(Nc2ccc(OC(F)F)c(F)c2)n1. The number of nitrogen functional groups attached to an aromatic ring is 2. The summed E-state index contributed by atoms with van der Waals surface area (Å²) in [5.74, 6) is -6.61. The molecular formula is C103H71F18N25O3. The fourth-order valence-electron chi connectivity index (χ4n) is 15.7. The number of methoxy groups -OCH3 is 2. The van der Waals surface area contributed by atoms with Gasteiger partial charge in [0.15, 0.2) is 40.5 Å². The van der Waals surface area contributed by atoms with E-state index < -0.39 is 99.8 Å². The molecule has 0 radical (unpaired) electrons. The third kappa shape index (κ3) is 23.4. The van der Waals surface area contributed by atoms with Crippen LogP contribution in [0.15, 0.2) is 243 Å². The van der Waals surface area contributed by atoms with Gasteiger partial charge < -0.3 is 52.3 Å². The molecule has 0 bridgehead atoms. The lowest BCUT2D eigenvalue weighted by Gasteiger charge is -2.12. The predicted molar refractivity (Wildman–Crippen MR) is 517 cm³/mol. The van der Waals surface area contributed by atoms with Gasteiger partial charge in [0.25, 0.3) is 0 Å². The Hall–Kier alpha value is -19.5. The number of anilines is 12. The quantitative estimate of drug-likeness (QED) is 0.0370. The number of halogens is 18. The van der Waals surface area contributed by atoms with Crippen LogP contribution in [0.3, 0.4) is 0 Å². The van der Waals surface area contributed by atoms with Crippen LogP contribution < -0.4 is 52.3 Å². The van der Waals surface area contributed by atoms with E-state index in [2.05, 4.69) is 92.0 Å². The maximum absolute atomic E-state index is 14.0. The van der Waals surface area contributed by atoms with E-state index in [9.17, 15) is 94.8 Å². The molecule has 0 spiro atoms. The number of alkyl halides is 8. The molecular weight excluding hydrogens is 1980 g/mol. The Labute approximate surface area is 830 Å². The minimum absolute atomic E-state index is 0.0138. The number of pyridine rings is 10. The third-order valence-electron chi connectivity index (χ3n) is 21.9. The third-order valence-corrected chi connectivity index (χ3v) is 21.9. The zero-order valence-electron chi connectivity index (χ0n) is 77.9. The molecule has 46 heteroatoms. The highest BCUT2D eigenvalue weighted by atomic mass is 19.4. The number of aromatic nitrogens is 15. The summed E-state index contributed by atoms with van der Waals surface area (Å²) >= 11 is 0. The molecule has 20 rings (SSSR count). The van der Waals surface area contributed by atoms with E-state index in [0.29, 0.717) is 160 Å². The van der Waals surface area contributed by atoms with Gasteiger partial charge in [-0.2, -0.15) is 50.9 Å². The normalized spacial score (nSPS) is 11.2. The van der Waals surface area contributed by atoms with Crippen LogP contribution in [-0.2, 0) is 12.4 Å². The Morgan fingerprint density at radius 1 is 0.302 bits per heavy atom. The number of nitrogens with zero attached hydrogens (tertiary/aromatic N) is 18. The van der Waals surface area contributed by atoms with Crippen molar-refractivity contribution in [2.45, 2.75) is 53.6 Å². The molecule has 0 saturated heterocycles. The van der Waals surface area contributed by atoms with E-state index in [1.54, 1.807) is 96.4 Å². The van der Waals surface area contributed by atoms with Crippen molar-refractivity contribution in [1.82, 2.24) is 71.8 Å². The average Bonchev–Trinajstić information content (AvgIpc) is 1.65. The summed E-state index contributed by atoms with van der Waals surface area (Å²) in [6.45, 7) is 5.62. The lowest BCUT2D eigenvalue weighted by atomic mass is 10.1. The van der Waals surface area contributed by atoms with E-state index in [4.69, 9.17) is 16.2 Å². The first-order valence-corrected chi connectivity index (χ1v) is 43.6. The number of hydrogen-bond donors (Lipinski definition) is 7. The summed E-state index contributed by atoms with van der Waals surface area (Å²) in [6, 6.07) is 52.3. The van der Waals surface area contributed by atoms with Gasteiger partial charge in [0.1, 0.15) is 92.2 Å². The van der Waals surface area contributed by atoms with E-state index in [0.717, 1.165) is 42.5 Å². The number of imidazole rings is 5. The van der Waals surface area contributed by atoms with Gasteiger partial charge in [-0.15, -0.1) is 0 Å². The molecule has 0 amide bonds. The van der Waals surface area contributed by atoms with Crippen LogP contribution in [0.2, 0.25) is 0 Å². The number of benzene rings is 5. The van der Waals surface area contributed by atoms with Crippen LogP contribution in [0.5, 0.6) is 17.2 Å². The number of nitriles is 3. The van der Waals surface area contributed by atoms with Gasteiger partial charge in [-0.3, -0.25) is 22.0 Å². The van der Waals surface area contributed by atoms with E-state index >= 15 is 0 Å². The molecule has 0 aliphatic carbocycles. The maximum atomic E-state index is 14.0. The van der Waals surface area contributed by atoms with Crippen molar-refractivity contribution in [3.8, 4) is 92.4 Å². The first-order valence-electron chi connectivity index (χ1n) is 43.6. The van der Waals surface area contributed by atoms with Gasteiger partial charge in [0.05, 0.1) is 146 Å². The highest BCUT2D eigenvalue weighted by Gasteiger charge is 2.35. The van der Waals surface area contributed by atoms with Gasteiger partial charge in [0, 0.05) is 107 Å². The predicted octanol–water partition coefficient (Wildman–Crippen LogP) is 25.1. The van der Waals surface area contributed by atoms with Gasteiger partial charge in [-0.05, 0) is 211 Å².